The molecule has 6 heteroatoms. The van der Waals surface area contributed by atoms with Gasteiger partial charge in [0.15, 0.2) is 0 Å². The minimum atomic E-state index is -0.926. The lowest BCUT2D eigenvalue weighted by atomic mass is 10.0. The Kier molecular flexibility index (Phi) is 4.88. The molecule has 0 aliphatic carbocycles. The molecule has 114 valence electrons. The number of aliphatic carboxylic acids is 1. The Morgan fingerprint density at radius 2 is 2.00 bits per heavy atom. The van der Waals surface area contributed by atoms with Crippen molar-refractivity contribution in [2.75, 3.05) is 13.6 Å². The molecule has 1 heterocycles. The zero-order valence-corrected chi connectivity index (χ0v) is 13.7. The molecule has 2 unspecified atom stereocenters. The van der Waals surface area contributed by atoms with E-state index in [2.05, 4.69) is 15.9 Å². The van der Waals surface area contributed by atoms with E-state index in [1.165, 1.54) is 4.90 Å². The monoisotopic (exact) mass is 354 g/mol. The number of carboxylic acids is 1. The van der Waals surface area contributed by atoms with Gasteiger partial charge in [-0.3, -0.25) is 0 Å². The van der Waals surface area contributed by atoms with Crippen LogP contribution in [0.1, 0.15) is 18.9 Å². The minimum absolute atomic E-state index is 0.00692. The van der Waals surface area contributed by atoms with Crippen molar-refractivity contribution in [3.63, 3.8) is 0 Å². The molecule has 1 saturated heterocycles. The first-order valence-electron chi connectivity index (χ1n) is 6.89. The quantitative estimate of drug-likeness (QED) is 0.907. The molecule has 2 amide bonds. The third-order valence-corrected chi connectivity index (χ3v) is 4.39. The summed E-state index contributed by atoms with van der Waals surface area (Å²) in [7, 11) is 1.70. The third-order valence-electron chi connectivity index (χ3n) is 3.86. The van der Waals surface area contributed by atoms with Crippen LogP contribution in [0, 0.1) is 5.92 Å². The molecular formula is C15H19BrN2O3. The number of hydrogen-bond donors (Lipinski definition) is 1. The first-order chi connectivity index (χ1) is 9.90. The van der Waals surface area contributed by atoms with Crippen LogP contribution < -0.4 is 0 Å². The van der Waals surface area contributed by atoms with Crippen molar-refractivity contribution in [3.05, 3.63) is 34.3 Å². The molecule has 5 nitrogen and oxygen atoms in total. The predicted octanol–water partition coefficient (Wildman–Crippen LogP) is 2.80. The van der Waals surface area contributed by atoms with Crippen LogP contribution in [0.2, 0.25) is 0 Å². The fraction of sp³-hybridized carbons (Fsp3) is 0.467. The number of carboxylic acid groups (broad SMARTS) is 1. The van der Waals surface area contributed by atoms with E-state index in [1.807, 2.05) is 31.2 Å². The molecular weight excluding hydrogens is 336 g/mol. The van der Waals surface area contributed by atoms with Crippen molar-refractivity contribution in [2.24, 2.45) is 5.92 Å². The zero-order chi connectivity index (χ0) is 15.6. The minimum Gasteiger partial charge on any atom is -0.480 e. The summed E-state index contributed by atoms with van der Waals surface area (Å²) in [4.78, 5) is 26.8. The highest BCUT2D eigenvalue weighted by Gasteiger charge is 2.40. The van der Waals surface area contributed by atoms with Gasteiger partial charge in [-0.05, 0) is 30.0 Å². The van der Waals surface area contributed by atoms with Crippen molar-refractivity contribution in [3.8, 4) is 0 Å². The maximum atomic E-state index is 12.5. The molecule has 1 aliphatic rings. The van der Waals surface area contributed by atoms with Crippen LogP contribution in [-0.2, 0) is 11.3 Å². The molecule has 1 N–H and O–H groups in total. The van der Waals surface area contributed by atoms with Gasteiger partial charge in [0.2, 0.25) is 0 Å². The second-order valence-corrected chi connectivity index (χ2v) is 6.42. The SMILES string of the molecule is CC1CCN(C(=O)N(C)Cc2ccc(Br)cc2)C1C(=O)O. The second-order valence-electron chi connectivity index (χ2n) is 5.51. The number of carbonyl (C=O) groups excluding carboxylic acids is 1. The molecule has 0 spiro atoms. The van der Waals surface area contributed by atoms with Crippen LogP contribution in [0.25, 0.3) is 0 Å². The fourth-order valence-corrected chi connectivity index (χ4v) is 2.95. The van der Waals surface area contributed by atoms with E-state index in [0.717, 1.165) is 16.5 Å². The summed E-state index contributed by atoms with van der Waals surface area (Å²) in [6.07, 6.45) is 0.731. The Balaban J connectivity index is 2.05. The molecule has 1 fully saturated rings. The molecule has 0 aromatic heterocycles. The standard InChI is InChI=1S/C15H19BrN2O3/c1-10-7-8-18(13(10)14(19)20)15(21)17(2)9-11-3-5-12(16)6-4-11/h3-6,10,13H,7-9H2,1-2H3,(H,19,20). The first kappa shape index (κ1) is 15.8. The van der Waals surface area contributed by atoms with Gasteiger partial charge in [0.05, 0.1) is 0 Å². The Hall–Kier alpha value is -1.56. The van der Waals surface area contributed by atoms with Crippen LogP contribution in [0.4, 0.5) is 4.79 Å². The number of amides is 2. The summed E-state index contributed by atoms with van der Waals surface area (Å²) in [6, 6.07) is 6.78. The lowest BCUT2D eigenvalue weighted by Crippen LogP contribution is -2.47. The Bertz CT molecular complexity index is 532. The smallest absolute Gasteiger partial charge is 0.326 e. The largest absolute Gasteiger partial charge is 0.480 e. The van der Waals surface area contributed by atoms with Crippen LogP contribution in [-0.4, -0.2) is 46.5 Å². The highest BCUT2D eigenvalue weighted by Crippen LogP contribution is 2.25. The van der Waals surface area contributed by atoms with E-state index in [-0.39, 0.29) is 11.9 Å². The van der Waals surface area contributed by atoms with Gasteiger partial charge in [-0.1, -0.05) is 35.0 Å². The van der Waals surface area contributed by atoms with Gasteiger partial charge in [-0.25, -0.2) is 9.59 Å². The van der Waals surface area contributed by atoms with Gasteiger partial charge in [-0.2, -0.15) is 0 Å². The number of halogens is 1. The van der Waals surface area contributed by atoms with Crippen molar-refractivity contribution >= 4 is 27.9 Å². The van der Waals surface area contributed by atoms with Crippen molar-refractivity contribution in [1.29, 1.82) is 0 Å². The highest BCUT2D eigenvalue weighted by atomic mass is 79.9. The van der Waals surface area contributed by atoms with Crippen LogP contribution in [0.3, 0.4) is 0 Å². The molecule has 1 aromatic carbocycles. The van der Waals surface area contributed by atoms with Crippen LogP contribution in [0.5, 0.6) is 0 Å². The maximum absolute atomic E-state index is 12.5. The Morgan fingerprint density at radius 3 is 2.57 bits per heavy atom. The van der Waals surface area contributed by atoms with E-state index in [9.17, 15) is 14.7 Å². The van der Waals surface area contributed by atoms with E-state index < -0.39 is 12.0 Å². The van der Waals surface area contributed by atoms with E-state index in [0.29, 0.717) is 13.1 Å². The van der Waals surface area contributed by atoms with E-state index in [1.54, 1.807) is 11.9 Å². The number of likely N-dealkylation sites (tertiary alicyclic amines) is 1. The van der Waals surface area contributed by atoms with Gasteiger partial charge < -0.3 is 14.9 Å². The Morgan fingerprint density at radius 1 is 1.38 bits per heavy atom. The summed E-state index contributed by atoms with van der Waals surface area (Å²) in [6.45, 7) is 2.84. The average Bonchev–Trinajstić information content (AvgIpc) is 2.82. The van der Waals surface area contributed by atoms with Gasteiger partial charge in [0, 0.05) is 24.6 Å². The summed E-state index contributed by atoms with van der Waals surface area (Å²) >= 11 is 3.37. The van der Waals surface area contributed by atoms with E-state index in [4.69, 9.17) is 0 Å². The molecule has 0 radical (unpaired) electrons. The number of benzene rings is 1. The number of hydrogen-bond acceptors (Lipinski definition) is 2. The summed E-state index contributed by atoms with van der Waals surface area (Å²) in [5, 5.41) is 9.29. The maximum Gasteiger partial charge on any atom is 0.326 e. The summed E-state index contributed by atoms with van der Waals surface area (Å²) < 4.78 is 0.986. The summed E-state index contributed by atoms with van der Waals surface area (Å²) in [5.74, 6) is -0.932. The summed E-state index contributed by atoms with van der Waals surface area (Å²) in [5.41, 5.74) is 1.01. The topological polar surface area (TPSA) is 60.9 Å². The van der Waals surface area contributed by atoms with Gasteiger partial charge in [0.25, 0.3) is 0 Å². The van der Waals surface area contributed by atoms with E-state index >= 15 is 0 Å². The molecule has 21 heavy (non-hydrogen) atoms. The molecule has 1 aromatic rings. The second kappa shape index (κ2) is 6.47. The highest BCUT2D eigenvalue weighted by molar-refractivity contribution is 9.10. The lowest BCUT2D eigenvalue weighted by Gasteiger charge is -2.28. The third kappa shape index (κ3) is 3.56. The zero-order valence-electron chi connectivity index (χ0n) is 12.1. The van der Waals surface area contributed by atoms with Crippen molar-refractivity contribution in [2.45, 2.75) is 25.9 Å². The predicted molar refractivity (Wildman–Crippen MR) is 82.9 cm³/mol. The van der Waals surface area contributed by atoms with Gasteiger partial charge in [-0.15, -0.1) is 0 Å². The average molecular weight is 355 g/mol. The van der Waals surface area contributed by atoms with Crippen LogP contribution >= 0.6 is 15.9 Å². The number of carbonyl (C=O) groups is 2. The number of rotatable bonds is 3. The number of urea groups is 1. The number of nitrogens with zero attached hydrogens (tertiary/aromatic N) is 2. The van der Waals surface area contributed by atoms with Crippen LogP contribution in [0.15, 0.2) is 28.7 Å². The molecule has 0 bridgehead atoms. The van der Waals surface area contributed by atoms with Crippen molar-refractivity contribution in [1.82, 2.24) is 9.80 Å². The van der Waals surface area contributed by atoms with Crippen molar-refractivity contribution < 1.29 is 14.7 Å². The first-order valence-corrected chi connectivity index (χ1v) is 7.68. The molecule has 2 atom stereocenters. The lowest BCUT2D eigenvalue weighted by molar-refractivity contribution is -0.142. The molecule has 2 rings (SSSR count). The van der Waals surface area contributed by atoms with Gasteiger partial charge in [0.1, 0.15) is 6.04 Å². The molecule has 1 aliphatic heterocycles. The molecule has 0 saturated carbocycles. The fourth-order valence-electron chi connectivity index (χ4n) is 2.69. The Labute approximate surface area is 132 Å². The van der Waals surface area contributed by atoms with Gasteiger partial charge >= 0.3 is 12.0 Å². The normalized spacial score (nSPS) is 21.4.